The molecule has 0 aromatic carbocycles. The van der Waals surface area contributed by atoms with Crippen LogP contribution < -0.4 is 5.32 Å². The highest BCUT2D eigenvalue weighted by atomic mass is 16.2. The Bertz CT molecular complexity index is 408. The van der Waals surface area contributed by atoms with Gasteiger partial charge in [0.1, 0.15) is 0 Å². The summed E-state index contributed by atoms with van der Waals surface area (Å²) in [4.78, 5) is 28.9. The quantitative estimate of drug-likeness (QED) is 0.854. The van der Waals surface area contributed by atoms with Crippen LogP contribution >= 0.6 is 0 Å². The van der Waals surface area contributed by atoms with Gasteiger partial charge in [0.05, 0.1) is 6.04 Å². The van der Waals surface area contributed by atoms with Gasteiger partial charge in [-0.1, -0.05) is 19.3 Å². The van der Waals surface area contributed by atoms with Crippen molar-refractivity contribution in [3.05, 3.63) is 0 Å². The van der Waals surface area contributed by atoms with Crippen molar-refractivity contribution >= 4 is 11.8 Å². The van der Waals surface area contributed by atoms with Gasteiger partial charge in [0.2, 0.25) is 11.8 Å². The van der Waals surface area contributed by atoms with Crippen molar-refractivity contribution in [2.45, 2.75) is 64.0 Å². The predicted octanol–water partition coefficient (Wildman–Crippen LogP) is 1.38. The summed E-state index contributed by atoms with van der Waals surface area (Å²) in [6.07, 6.45) is 8.08. The molecule has 3 aliphatic rings. The topological polar surface area (TPSA) is 52.7 Å². The molecule has 1 N–H and O–H groups in total. The lowest BCUT2D eigenvalue weighted by Crippen LogP contribution is -2.56. The number of carbonyl (C=O) groups excluding carboxylic acids is 2. The number of carbonyl (C=O) groups is 2. The second-order valence-electron chi connectivity index (χ2n) is 7.16. The molecule has 0 spiro atoms. The van der Waals surface area contributed by atoms with Gasteiger partial charge < -0.3 is 10.2 Å². The maximum absolute atomic E-state index is 12.5. The van der Waals surface area contributed by atoms with Crippen molar-refractivity contribution in [2.24, 2.45) is 5.92 Å². The summed E-state index contributed by atoms with van der Waals surface area (Å²) in [7, 11) is 0. The van der Waals surface area contributed by atoms with E-state index in [1.165, 1.54) is 19.3 Å². The first kappa shape index (κ1) is 15.8. The maximum Gasteiger partial charge on any atom is 0.237 e. The summed E-state index contributed by atoms with van der Waals surface area (Å²) in [6.45, 7) is 5.17. The summed E-state index contributed by atoms with van der Waals surface area (Å²) in [5.74, 6) is 0.764. The number of rotatable bonds is 4. The fourth-order valence-corrected chi connectivity index (χ4v) is 3.65. The van der Waals surface area contributed by atoms with Crippen molar-refractivity contribution < 1.29 is 9.59 Å². The first-order valence-corrected chi connectivity index (χ1v) is 8.98. The van der Waals surface area contributed by atoms with Gasteiger partial charge >= 0.3 is 0 Å². The van der Waals surface area contributed by atoms with Crippen LogP contribution in [0.2, 0.25) is 0 Å². The fourth-order valence-electron chi connectivity index (χ4n) is 3.65. The van der Waals surface area contributed by atoms with Crippen LogP contribution in [0.15, 0.2) is 0 Å². The zero-order chi connectivity index (χ0) is 15.5. The van der Waals surface area contributed by atoms with E-state index in [2.05, 4.69) is 10.2 Å². The number of hydrogen-bond donors (Lipinski definition) is 1. The van der Waals surface area contributed by atoms with Gasteiger partial charge in [0.25, 0.3) is 0 Å². The summed E-state index contributed by atoms with van der Waals surface area (Å²) in [5.41, 5.74) is 0. The first-order chi connectivity index (χ1) is 10.6. The summed E-state index contributed by atoms with van der Waals surface area (Å²) in [5, 5.41) is 3.08. The average Bonchev–Trinajstić information content (AvgIpc) is 3.38. The van der Waals surface area contributed by atoms with Crippen molar-refractivity contribution in [3.8, 4) is 0 Å². The SMILES string of the molecule is CC(C(=O)NC1CC1)N1CCN(C(=O)C2CCCCC2)CC1. The highest BCUT2D eigenvalue weighted by Crippen LogP contribution is 2.26. The lowest BCUT2D eigenvalue weighted by molar-refractivity contribution is -0.139. The minimum Gasteiger partial charge on any atom is -0.352 e. The van der Waals surface area contributed by atoms with E-state index in [1.54, 1.807) is 0 Å². The largest absolute Gasteiger partial charge is 0.352 e. The Kier molecular flexibility index (Phi) is 5.01. The molecule has 1 atom stereocenters. The molecule has 1 aliphatic heterocycles. The van der Waals surface area contributed by atoms with E-state index >= 15 is 0 Å². The molecular formula is C17H29N3O2. The molecule has 1 heterocycles. The molecule has 124 valence electrons. The second kappa shape index (κ2) is 6.99. The normalized spacial score (nSPS) is 25.8. The fraction of sp³-hybridized carbons (Fsp3) is 0.882. The molecule has 5 nitrogen and oxygen atoms in total. The van der Waals surface area contributed by atoms with E-state index in [0.29, 0.717) is 11.9 Å². The van der Waals surface area contributed by atoms with E-state index < -0.39 is 0 Å². The van der Waals surface area contributed by atoms with Gasteiger partial charge in [-0.15, -0.1) is 0 Å². The van der Waals surface area contributed by atoms with Gasteiger partial charge in [-0.3, -0.25) is 14.5 Å². The summed E-state index contributed by atoms with van der Waals surface area (Å²) >= 11 is 0. The van der Waals surface area contributed by atoms with Gasteiger partial charge in [-0.05, 0) is 32.6 Å². The Balaban J connectivity index is 1.44. The standard InChI is InChI=1S/C17H29N3O2/c1-13(16(21)18-15-7-8-15)19-9-11-20(12-10-19)17(22)14-5-3-2-4-6-14/h13-15H,2-12H2,1H3,(H,18,21). The summed E-state index contributed by atoms with van der Waals surface area (Å²) in [6, 6.07) is 0.344. The average molecular weight is 307 g/mol. The molecule has 0 aromatic heterocycles. The molecule has 3 rings (SSSR count). The van der Waals surface area contributed by atoms with Crippen molar-refractivity contribution in [1.82, 2.24) is 15.1 Å². The van der Waals surface area contributed by atoms with Crippen LogP contribution in [0.5, 0.6) is 0 Å². The minimum absolute atomic E-state index is 0.0764. The number of nitrogens with one attached hydrogen (secondary N) is 1. The van der Waals surface area contributed by atoms with Gasteiger partial charge in [0, 0.05) is 38.1 Å². The van der Waals surface area contributed by atoms with Crippen LogP contribution in [0.25, 0.3) is 0 Å². The third-order valence-electron chi connectivity index (χ3n) is 5.43. The van der Waals surface area contributed by atoms with Crippen LogP contribution in [0.4, 0.5) is 0 Å². The van der Waals surface area contributed by atoms with Crippen LogP contribution in [0.3, 0.4) is 0 Å². The molecule has 1 unspecified atom stereocenters. The van der Waals surface area contributed by atoms with Crippen LogP contribution in [-0.2, 0) is 9.59 Å². The molecule has 2 amide bonds. The molecule has 3 fully saturated rings. The molecular weight excluding hydrogens is 278 g/mol. The monoisotopic (exact) mass is 307 g/mol. The molecule has 5 heteroatoms. The third kappa shape index (κ3) is 3.80. The highest BCUT2D eigenvalue weighted by Gasteiger charge is 2.32. The Morgan fingerprint density at radius 1 is 0.955 bits per heavy atom. The zero-order valence-electron chi connectivity index (χ0n) is 13.7. The molecule has 1 saturated heterocycles. The summed E-state index contributed by atoms with van der Waals surface area (Å²) < 4.78 is 0. The molecule has 22 heavy (non-hydrogen) atoms. The smallest absolute Gasteiger partial charge is 0.237 e. The molecule has 0 bridgehead atoms. The molecule has 2 saturated carbocycles. The Morgan fingerprint density at radius 3 is 2.18 bits per heavy atom. The molecule has 0 radical (unpaired) electrons. The first-order valence-electron chi connectivity index (χ1n) is 8.98. The Hall–Kier alpha value is -1.10. The van der Waals surface area contributed by atoms with Crippen LogP contribution in [-0.4, -0.2) is 59.9 Å². The maximum atomic E-state index is 12.5. The number of hydrogen-bond acceptors (Lipinski definition) is 3. The molecule has 2 aliphatic carbocycles. The predicted molar refractivity (Wildman–Crippen MR) is 85.4 cm³/mol. The van der Waals surface area contributed by atoms with Gasteiger partial charge in [-0.25, -0.2) is 0 Å². The van der Waals surface area contributed by atoms with Gasteiger partial charge in [-0.2, -0.15) is 0 Å². The van der Waals surface area contributed by atoms with E-state index in [9.17, 15) is 9.59 Å². The number of amides is 2. The van der Waals surface area contributed by atoms with E-state index in [4.69, 9.17) is 0 Å². The number of piperazine rings is 1. The zero-order valence-corrected chi connectivity index (χ0v) is 13.7. The van der Waals surface area contributed by atoms with E-state index in [-0.39, 0.29) is 17.9 Å². The van der Waals surface area contributed by atoms with Crippen LogP contribution in [0, 0.1) is 5.92 Å². The van der Waals surface area contributed by atoms with Crippen molar-refractivity contribution in [3.63, 3.8) is 0 Å². The van der Waals surface area contributed by atoms with E-state index in [1.807, 2.05) is 11.8 Å². The van der Waals surface area contributed by atoms with Gasteiger partial charge in [0.15, 0.2) is 0 Å². The lowest BCUT2D eigenvalue weighted by atomic mass is 9.88. The van der Waals surface area contributed by atoms with Crippen molar-refractivity contribution in [1.29, 1.82) is 0 Å². The van der Waals surface area contributed by atoms with Crippen molar-refractivity contribution in [2.75, 3.05) is 26.2 Å². The Morgan fingerprint density at radius 2 is 1.59 bits per heavy atom. The van der Waals surface area contributed by atoms with Crippen LogP contribution in [0.1, 0.15) is 51.9 Å². The minimum atomic E-state index is -0.0764. The third-order valence-corrected chi connectivity index (χ3v) is 5.43. The lowest BCUT2D eigenvalue weighted by Gasteiger charge is -2.39. The Labute approximate surface area is 133 Å². The number of nitrogens with zero attached hydrogens (tertiary/aromatic N) is 2. The van der Waals surface area contributed by atoms with E-state index in [0.717, 1.165) is 51.9 Å². The second-order valence-corrected chi connectivity index (χ2v) is 7.16. The molecule has 0 aromatic rings. The highest BCUT2D eigenvalue weighted by molar-refractivity contribution is 5.82.